The Labute approximate surface area is 157 Å². The Balaban J connectivity index is 1.63. The summed E-state index contributed by atoms with van der Waals surface area (Å²) in [7, 11) is 1.37. The minimum atomic E-state index is -0.228. The molecule has 1 N–H and O–H groups in total. The molecule has 0 atom stereocenters. The molecule has 2 aromatic rings. The predicted molar refractivity (Wildman–Crippen MR) is 96.6 cm³/mol. The number of aryl methyl sites for hydroxylation is 1. The summed E-state index contributed by atoms with van der Waals surface area (Å²) < 4.78 is 9.76. The maximum atomic E-state index is 11.8. The van der Waals surface area contributed by atoms with Gasteiger partial charge in [-0.3, -0.25) is 9.59 Å². The van der Waals surface area contributed by atoms with E-state index in [4.69, 9.17) is 16.1 Å². The van der Waals surface area contributed by atoms with Crippen LogP contribution in [0.25, 0.3) is 11.4 Å². The van der Waals surface area contributed by atoms with E-state index in [9.17, 15) is 9.59 Å². The van der Waals surface area contributed by atoms with Gasteiger partial charge in [-0.25, -0.2) is 0 Å². The van der Waals surface area contributed by atoms with E-state index in [0.29, 0.717) is 55.4 Å². The molecule has 0 radical (unpaired) electrons. The van der Waals surface area contributed by atoms with Gasteiger partial charge in [0.15, 0.2) is 0 Å². The smallest absolute Gasteiger partial charge is 0.305 e. The third-order valence-electron chi connectivity index (χ3n) is 3.72. The summed E-state index contributed by atoms with van der Waals surface area (Å²) in [6.07, 6.45) is 3.36. The lowest BCUT2D eigenvalue weighted by Gasteiger charge is -2.04. The van der Waals surface area contributed by atoms with E-state index in [1.165, 1.54) is 7.11 Å². The molecule has 1 amide bonds. The average Bonchev–Trinajstić information content (AvgIpc) is 3.10. The van der Waals surface area contributed by atoms with Crippen LogP contribution in [0.1, 0.15) is 38.0 Å². The van der Waals surface area contributed by atoms with Gasteiger partial charge in [-0.15, -0.1) is 0 Å². The van der Waals surface area contributed by atoms with Gasteiger partial charge < -0.3 is 14.6 Å². The summed E-state index contributed by atoms with van der Waals surface area (Å²) in [5.41, 5.74) is 0.828. The second kappa shape index (κ2) is 10.6. The maximum absolute atomic E-state index is 11.8. The van der Waals surface area contributed by atoms with Crippen LogP contribution in [0.2, 0.25) is 5.02 Å². The number of rotatable bonds is 10. The molecule has 2 rings (SSSR count). The van der Waals surface area contributed by atoms with Crippen molar-refractivity contribution < 1.29 is 18.8 Å². The topological polar surface area (TPSA) is 94.3 Å². The van der Waals surface area contributed by atoms with Crippen molar-refractivity contribution in [1.82, 2.24) is 15.5 Å². The lowest BCUT2D eigenvalue weighted by Crippen LogP contribution is -2.24. The van der Waals surface area contributed by atoms with Gasteiger partial charge in [-0.1, -0.05) is 16.8 Å². The highest BCUT2D eigenvalue weighted by atomic mass is 35.5. The first kappa shape index (κ1) is 19.9. The molecule has 1 aromatic carbocycles. The van der Waals surface area contributed by atoms with Gasteiger partial charge in [0.1, 0.15) is 0 Å². The van der Waals surface area contributed by atoms with Crippen LogP contribution in [0.5, 0.6) is 0 Å². The molecule has 1 heterocycles. The van der Waals surface area contributed by atoms with Crippen molar-refractivity contribution in [2.75, 3.05) is 13.7 Å². The molecule has 0 aliphatic rings. The number of carbonyl (C=O) groups is 2. The molecule has 0 bridgehead atoms. The molecule has 26 heavy (non-hydrogen) atoms. The van der Waals surface area contributed by atoms with Crippen LogP contribution in [0.15, 0.2) is 28.8 Å². The molecule has 8 heteroatoms. The molecule has 0 aliphatic heterocycles. The van der Waals surface area contributed by atoms with Crippen LogP contribution in [-0.2, 0) is 20.7 Å². The van der Waals surface area contributed by atoms with Crippen molar-refractivity contribution in [3.63, 3.8) is 0 Å². The number of nitrogens with zero attached hydrogens (tertiary/aromatic N) is 2. The van der Waals surface area contributed by atoms with Gasteiger partial charge in [-0.05, 0) is 43.5 Å². The van der Waals surface area contributed by atoms with Crippen molar-refractivity contribution in [3.05, 3.63) is 35.2 Å². The quantitative estimate of drug-likeness (QED) is 0.503. The van der Waals surface area contributed by atoms with Crippen molar-refractivity contribution in [2.24, 2.45) is 0 Å². The van der Waals surface area contributed by atoms with Gasteiger partial charge in [0.25, 0.3) is 0 Å². The third-order valence-corrected chi connectivity index (χ3v) is 3.97. The van der Waals surface area contributed by atoms with E-state index in [2.05, 4.69) is 20.2 Å². The molecule has 0 unspecified atom stereocenters. The molecule has 0 spiro atoms. The zero-order valence-electron chi connectivity index (χ0n) is 14.7. The predicted octanol–water partition coefficient (Wildman–Crippen LogP) is 3.17. The number of carbonyl (C=O) groups excluding carboxylic acids is 2. The molecule has 0 saturated carbocycles. The number of ether oxygens (including phenoxy) is 1. The van der Waals surface area contributed by atoms with Crippen LogP contribution >= 0.6 is 11.6 Å². The number of benzene rings is 1. The summed E-state index contributed by atoms with van der Waals surface area (Å²) in [4.78, 5) is 27.0. The highest BCUT2D eigenvalue weighted by Gasteiger charge is 2.09. The standard InChI is InChI=1S/C18H22ClN3O4/c1-25-17(24)7-2-3-12-20-15(23)5-4-6-16-21-18(22-26-16)13-8-10-14(19)11-9-13/h8-11H,2-7,12H2,1H3,(H,20,23). The fourth-order valence-electron chi connectivity index (χ4n) is 2.29. The van der Waals surface area contributed by atoms with Crippen molar-refractivity contribution in [3.8, 4) is 11.4 Å². The van der Waals surface area contributed by atoms with Gasteiger partial charge >= 0.3 is 5.97 Å². The first-order valence-electron chi connectivity index (χ1n) is 8.50. The number of hydrogen-bond acceptors (Lipinski definition) is 6. The van der Waals surface area contributed by atoms with Crippen molar-refractivity contribution >= 4 is 23.5 Å². The van der Waals surface area contributed by atoms with Crippen molar-refractivity contribution in [2.45, 2.75) is 38.5 Å². The second-order valence-electron chi connectivity index (χ2n) is 5.76. The summed E-state index contributed by atoms with van der Waals surface area (Å²) in [6.45, 7) is 0.553. The Kier molecular flexibility index (Phi) is 8.08. The highest BCUT2D eigenvalue weighted by Crippen LogP contribution is 2.19. The van der Waals surface area contributed by atoms with Gasteiger partial charge in [0, 0.05) is 36.4 Å². The monoisotopic (exact) mass is 379 g/mol. The molecular weight excluding hydrogens is 358 g/mol. The lowest BCUT2D eigenvalue weighted by atomic mass is 10.2. The van der Waals surface area contributed by atoms with Crippen LogP contribution in [-0.4, -0.2) is 35.7 Å². The molecule has 0 aliphatic carbocycles. The van der Waals surface area contributed by atoms with Gasteiger partial charge in [-0.2, -0.15) is 4.98 Å². The molecular formula is C18H22ClN3O4. The Morgan fingerprint density at radius 3 is 2.65 bits per heavy atom. The Morgan fingerprint density at radius 2 is 1.92 bits per heavy atom. The summed E-state index contributed by atoms with van der Waals surface area (Å²) in [5, 5.41) is 7.41. The molecule has 1 aromatic heterocycles. The molecule has 0 fully saturated rings. The number of amides is 1. The van der Waals surface area contributed by atoms with E-state index in [0.717, 1.165) is 12.0 Å². The van der Waals surface area contributed by atoms with E-state index in [1.54, 1.807) is 12.1 Å². The third kappa shape index (κ3) is 6.84. The minimum absolute atomic E-state index is 0.0273. The van der Waals surface area contributed by atoms with Crippen LogP contribution in [0.3, 0.4) is 0 Å². The zero-order chi connectivity index (χ0) is 18.8. The second-order valence-corrected chi connectivity index (χ2v) is 6.19. The number of esters is 1. The summed E-state index contributed by atoms with van der Waals surface area (Å²) in [6, 6.07) is 7.18. The molecule has 0 saturated heterocycles. The number of nitrogens with one attached hydrogen (secondary N) is 1. The normalized spacial score (nSPS) is 10.5. The first-order chi connectivity index (χ1) is 12.6. The Hall–Kier alpha value is -2.41. The number of aromatic nitrogens is 2. The Bertz CT molecular complexity index is 715. The van der Waals surface area contributed by atoms with E-state index in [1.807, 2.05) is 12.1 Å². The molecule has 7 nitrogen and oxygen atoms in total. The van der Waals surface area contributed by atoms with Crippen LogP contribution in [0, 0.1) is 0 Å². The first-order valence-corrected chi connectivity index (χ1v) is 8.88. The van der Waals surface area contributed by atoms with E-state index in [-0.39, 0.29) is 11.9 Å². The number of halogens is 1. The average molecular weight is 380 g/mol. The zero-order valence-corrected chi connectivity index (χ0v) is 15.4. The van der Waals surface area contributed by atoms with Gasteiger partial charge in [0.05, 0.1) is 7.11 Å². The van der Waals surface area contributed by atoms with Gasteiger partial charge in [0.2, 0.25) is 17.6 Å². The number of unbranched alkanes of at least 4 members (excludes halogenated alkanes) is 1. The summed E-state index contributed by atoms with van der Waals surface area (Å²) >= 11 is 5.85. The maximum Gasteiger partial charge on any atom is 0.305 e. The van der Waals surface area contributed by atoms with Crippen molar-refractivity contribution in [1.29, 1.82) is 0 Å². The number of hydrogen-bond donors (Lipinski definition) is 1. The fraction of sp³-hybridized carbons (Fsp3) is 0.444. The lowest BCUT2D eigenvalue weighted by molar-refractivity contribution is -0.140. The summed E-state index contributed by atoms with van der Waals surface area (Å²) in [5.74, 6) is 0.752. The van der Waals surface area contributed by atoms with E-state index < -0.39 is 0 Å². The van der Waals surface area contributed by atoms with E-state index >= 15 is 0 Å². The largest absolute Gasteiger partial charge is 0.469 e. The highest BCUT2D eigenvalue weighted by molar-refractivity contribution is 6.30. The van der Waals surface area contributed by atoms with Crippen LogP contribution in [0.4, 0.5) is 0 Å². The molecule has 140 valence electrons. The van der Waals surface area contributed by atoms with Crippen LogP contribution < -0.4 is 5.32 Å². The minimum Gasteiger partial charge on any atom is -0.469 e. The number of methoxy groups -OCH3 is 1. The fourth-order valence-corrected chi connectivity index (χ4v) is 2.41. The Morgan fingerprint density at radius 1 is 1.15 bits per heavy atom. The SMILES string of the molecule is COC(=O)CCCCNC(=O)CCCc1nc(-c2ccc(Cl)cc2)no1.